The lowest BCUT2D eigenvalue weighted by Crippen LogP contribution is -2.38. The van der Waals surface area contributed by atoms with Crippen LogP contribution in [0.5, 0.6) is 5.75 Å². The standard InChI is InChI=1S/C24H24N2O5S2/c1-24(8-9-24)33(29,30)26-23(28)19-5-3-2-4-18(19)15-6-7-20-21(11-15)31-12-16(22(20)27)10-17-13-32-14-25-17/h2-7,11,13-14,16,22,27H,8-10,12H2,1H3,(H,26,28)/t16-,22+/m1/s1. The molecule has 3 aromatic rings. The van der Waals surface area contributed by atoms with E-state index in [0.29, 0.717) is 48.3 Å². The summed E-state index contributed by atoms with van der Waals surface area (Å²) in [5, 5.41) is 12.9. The first-order valence-corrected chi connectivity index (χ1v) is 13.2. The summed E-state index contributed by atoms with van der Waals surface area (Å²) in [6.07, 6.45) is 1.03. The number of aliphatic hydroxyl groups is 1. The number of carbonyl (C=O) groups is 1. The fourth-order valence-electron chi connectivity index (χ4n) is 4.07. The monoisotopic (exact) mass is 484 g/mol. The average Bonchev–Trinajstić information content (AvgIpc) is 3.36. The van der Waals surface area contributed by atoms with E-state index in [9.17, 15) is 18.3 Å². The first kappa shape index (κ1) is 22.1. The molecule has 0 radical (unpaired) electrons. The van der Waals surface area contributed by atoms with Crippen LogP contribution in [0.25, 0.3) is 11.1 Å². The Hall–Kier alpha value is -2.75. The lowest BCUT2D eigenvalue weighted by Gasteiger charge is -2.30. The van der Waals surface area contributed by atoms with Crippen LogP contribution in [-0.2, 0) is 16.4 Å². The molecule has 9 heteroatoms. The highest BCUT2D eigenvalue weighted by molar-refractivity contribution is 7.91. The molecule has 7 nitrogen and oxygen atoms in total. The number of nitrogens with one attached hydrogen (secondary N) is 1. The third kappa shape index (κ3) is 4.16. The van der Waals surface area contributed by atoms with E-state index < -0.39 is 26.8 Å². The highest BCUT2D eigenvalue weighted by Gasteiger charge is 2.51. The third-order valence-corrected chi connectivity index (χ3v) is 9.29. The lowest BCUT2D eigenvalue weighted by molar-refractivity contribution is 0.0504. The number of nitrogens with zero attached hydrogens (tertiary/aromatic N) is 1. The Morgan fingerprint density at radius 1 is 1.27 bits per heavy atom. The summed E-state index contributed by atoms with van der Waals surface area (Å²) in [6.45, 7) is 2.00. The van der Waals surface area contributed by atoms with Gasteiger partial charge >= 0.3 is 0 Å². The first-order chi connectivity index (χ1) is 15.8. The Balaban J connectivity index is 1.41. The second-order valence-corrected chi connectivity index (χ2v) is 11.8. The molecular weight excluding hydrogens is 460 g/mol. The second-order valence-electron chi connectivity index (χ2n) is 8.88. The topological polar surface area (TPSA) is 106 Å². The number of aliphatic hydroxyl groups excluding tert-OH is 1. The predicted molar refractivity (Wildman–Crippen MR) is 126 cm³/mol. The van der Waals surface area contributed by atoms with Crippen LogP contribution in [0.1, 0.15) is 47.5 Å². The second kappa shape index (κ2) is 8.23. The minimum atomic E-state index is -3.74. The van der Waals surface area contributed by atoms with Crippen molar-refractivity contribution in [3.63, 3.8) is 0 Å². The van der Waals surface area contributed by atoms with Gasteiger partial charge in [-0.25, -0.2) is 18.1 Å². The van der Waals surface area contributed by atoms with Crippen LogP contribution in [0.2, 0.25) is 0 Å². The molecule has 1 saturated carbocycles. The van der Waals surface area contributed by atoms with Gasteiger partial charge in [-0.2, -0.15) is 0 Å². The molecule has 0 spiro atoms. The maximum absolute atomic E-state index is 12.9. The maximum atomic E-state index is 12.9. The summed E-state index contributed by atoms with van der Waals surface area (Å²) in [7, 11) is -3.74. The number of aromatic nitrogens is 1. The number of fused-ring (bicyclic) bond motifs is 1. The Labute approximate surface area is 196 Å². The molecule has 2 aromatic carbocycles. The summed E-state index contributed by atoms with van der Waals surface area (Å²) in [5.41, 5.74) is 4.97. The number of amides is 1. The largest absolute Gasteiger partial charge is 0.493 e. The van der Waals surface area contributed by atoms with Crippen LogP contribution in [0, 0.1) is 5.92 Å². The lowest BCUT2D eigenvalue weighted by atomic mass is 9.88. The van der Waals surface area contributed by atoms with Gasteiger partial charge in [0, 0.05) is 22.4 Å². The molecule has 0 bridgehead atoms. The average molecular weight is 485 g/mol. The van der Waals surface area contributed by atoms with Gasteiger partial charge in [0.2, 0.25) is 10.0 Å². The number of carbonyl (C=O) groups excluding carboxylic acids is 1. The van der Waals surface area contributed by atoms with Crippen LogP contribution in [0.15, 0.2) is 53.4 Å². The van der Waals surface area contributed by atoms with E-state index >= 15 is 0 Å². The third-order valence-electron chi connectivity index (χ3n) is 6.50. The number of sulfonamides is 1. The van der Waals surface area contributed by atoms with Gasteiger partial charge in [0.15, 0.2) is 0 Å². The maximum Gasteiger partial charge on any atom is 0.265 e. The number of hydrogen-bond acceptors (Lipinski definition) is 7. The number of rotatable bonds is 6. The highest BCUT2D eigenvalue weighted by atomic mass is 32.2. The molecule has 2 atom stereocenters. The van der Waals surface area contributed by atoms with Crippen molar-refractivity contribution in [3.8, 4) is 16.9 Å². The van der Waals surface area contributed by atoms with E-state index in [1.807, 2.05) is 11.4 Å². The molecule has 1 aliphatic heterocycles. The minimum Gasteiger partial charge on any atom is -0.493 e. The van der Waals surface area contributed by atoms with Crippen molar-refractivity contribution in [1.29, 1.82) is 0 Å². The van der Waals surface area contributed by atoms with E-state index in [1.54, 1.807) is 48.8 Å². The highest BCUT2D eigenvalue weighted by Crippen LogP contribution is 2.43. The van der Waals surface area contributed by atoms with Gasteiger partial charge in [0.25, 0.3) is 5.91 Å². The zero-order chi connectivity index (χ0) is 23.2. The molecule has 5 rings (SSSR count). The Bertz CT molecular complexity index is 1300. The van der Waals surface area contributed by atoms with Crippen molar-refractivity contribution >= 4 is 27.3 Å². The predicted octanol–water partition coefficient (Wildman–Crippen LogP) is 3.71. The van der Waals surface area contributed by atoms with Crippen LogP contribution in [-0.4, -0.2) is 35.8 Å². The van der Waals surface area contributed by atoms with Crippen molar-refractivity contribution in [2.45, 2.75) is 37.0 Å². The van der Waals surface area contributed by atoms with Crippen molar-refractivity contribution in [2.24, 2.45) is 5.92 Å². The molecule has 1 amide bonds. The molecule has 33 heavy (non-hydrogen) atoms. The zero-order valence-corrected chi connectivity index (χ0v) is 19.7. The summed E-state index contributed by atoms with van der Waals surface area (Å²) >= 11 is 1.52. The van der Waals surface area contributed by atoms with Gasteiger partial charge in [0.05, 0.1) is 28.7 Å². The fourth-order valence-corrected chi connectivity index (χ4v) is 5.88. The smallest absolute Gasteiger partial charge is 0.265 e. The number of ether oxygens (including phenoxy) is 1. The Morgan fingerprint density at radius 3 is 2.79 bits per heavy atom. The van der Waals surface area contributed by atoms with Gasteiger partial charge in [-0.3, -0.25) is 4.79 Å². The van der Waals surface area contributed by atoms with Crippen molar-refractivity contribution in [3.05, 3.63) is 70.2 Å². The van der Waals surface area contributed by atoms with E-state index in [1.165, 1.54) is 11.3 Å². The van der Waals surface area contributed by atoms with E-state index in [-0.39, 0.29) is 11.5 Å². The normalized spacial score (nSPS) is 21.0. The molecule has 172 valence electrons. The van der Waals surface area contributed by atoms with Gasteiger partial charge in [0.1, 0.15) is 5.75 Å². The SMILES string of the molecule is CC1(S(=O)(=O)NC(=O)c2ccccc2-c2ccc3c(c2)OC[C@@H](Cc2cscn2)[C@@H]3O)CC1. The Kier molecular flexibility index (Phi) is 5.50. The molecule has 2 heterocycles. The van der Waals surface area contributed by atoms with E-state index in [0.717, 1.165) is 5.69 Å². The summed E-state index contributed by atoms with van der Waals surface area (Å²) in [5.74, 6) is -0.193. The minimum absolute atomic E-state index is 0.0995. The van der Waals surface area contributed by atoms with Crippen molar-refractivity contribution < 1.29 is 23.1 Å². The van der Waals surface area contributed by atoms with Crippen LogP contribution >= 0.6 is 11.3 Å². The van der Waals surface area contributed by atoms with Crippen LogP contribution < -0.4 is 9.46 Å². The molecule has 1 fully saturated rings. The first-order valence-electron chi connectivity index (χ1n) is 10.8. The quantitative estimate of drug-likeness (QED) is 0.553. The van der Waals surface area contributed by atoms with Crippen molar-refractivity contribution in [2.75, 3.05) is 6.61 Å². The number of hydrogen-bond donors (Lipinski definition) is 2. The van der Waals surface area contributed by atoms with E-state index in [4.69, 9.17) is 4.74 Å². The summed E-state index contributed by atoms with van der Waals surface area (Å²) in [4.78, 5) is 17.2. The van der Waals surface area contributed by atoms with Crippen LogP contribution in [0.3, 0.4) is 0 Å². The number of thiazole rings is 1. The van der Waals surface area contributed by atoms with E-state index in [2.05, 4.69) is 9.71 Å². The summed E-state index contributed by atoms with van der Waals surface area (Å²) in [6, 6.07) is 12.3. The van der Waals surface area contributed by atoms with Crippen molar-refractivity contribution in [1.82, 2.24) is 9.71 Å². The molecule has 2 aliphatic rings. The van der Waals surface area contributed by atoms with Gasteiger partial charge in [-0.1, -0.05) is 30.3 Å². The molecule has 1 aliphatic carbocycles. The summed E-state index contributed by atoms with van der Waals surface area (Å²) < 4.78 is 32.4. The van der Waals surface area contributed by atoms with Gasteiger partial charge in [-0.05, 0) is 49.4 Å². The zero-order valence-electron chi connectivity index (χ0n) is 18.0. The molecule has 0 saturated heterocycles. The van der Waals surface area contributed by atoms with Gasteiger partial charge in [-0.15, -0.1) is 11.3 Å². The van der Waals surface area contributed by atoms with Crippen LogP contribution in [0.4, 0.5) is 0 Å². The molecular formula is C24H24N2O5S2. The van der Waals surface area contributed by atoms with Gasteiger partial charge < -0.3 is 9.84 Å². The fraction of sp³-hybridized carbons (Fsp3) is 0.333. The molecule has 0 unspecified atom stereocenters. The molecule has 2 N–H and O–H groups in total. The number of benzene rings is 2. The Morgan fingerprint density at radius 2 is 2.06 bits per heavy atom. The molecule has 1 aromatic heterocycles.